The molecule has 0 radical (unpaired) electrons. The fraction of sp³-hybridized carbons (Fsp3) is 0.583. The van der Waals surface area contributed by atoms with Crippen LogP contribution >= 0.6 is 0 Å². The lowest BCUT2D eigenvalue weighted by atomic mass is 10.3. The molecule has 6 nitrogen and oxygen atoms in total. The Bertz CT molecular complexity index is 390. The van der Waals surface area contributed by atoms with Crippen molar-refractivity contribution in [2.75, 3.05) is 42.9 Å². The summed E-state index contributed by atoms with van der Waals surface area (Å²) in [4.78, 5) is 23.3. The van der Waals surface area contributed by atoms with E-state index >= 15 is 0 Å². The van der Waals surface area contributed by atoms with Gasteiger partial charge in [0.25, 0.3) is 0 Å². The van der Waals surface area contributed by atoms with Gasteiger partial charge in [0.2, 0.25) is 12.4 Å². The summed E-state index contributed by atoms with van der Waals surface area (Å²) in [5.74, 6) is 1.60. The van der Waals surface area contributed by atoms with Crippen LogP contribution in [-0.4, -0.2) is 54.0 Å². The van der Waals surface area contributed by atoms with Gasteiger partial charge in [-0.2, -0.15) is 4.98 Å². The third-order valence-electron chi connectivity index (χ3n) is 2.96. The van der Waals surface area contributed by atoms with Crippen LogP contribution in [0.3, 0.4) is 0 Å². The van der Waals surface area contributed by atoms with E-state index in [1.54, 1.807) is 11.1 Å². The highest BCUT2D eigenvalue weighted by molar-refractivity contribution is 5.49. The molecule has 2 rings (SSSR count). The Labute approximate surface area is 107 Å². The predicted molar refractivity (Wildman–Crippen MR) is 70.7 cm³/mol. The van der Waals surface area contributed by atoms with E-state index in [1.165, 1.54) is 0 Å². The second-order valence-corrected chi connectivity index (χ2v) is 4.29. The molecule has 6 heteroatoms. The number of amides is 1. The summed E-state index contributed by atoms with van der Waals surface area (Å²) in [5.41, 5.74) is 0. The van der Waals surface area contributed by atoms with Crippen molar-refractivity contribution in [3.63, 3.8) is 0 Å². The van der Waals surface area contributed by atoms with Crippen LogP contribution in [0.15, 0.2) is 12.3 Å². The highest BCUT2D eigenvalue weighted by Gasteiger charge is 2.16. The average molecular weight is 249 g/mol. The van der Waals surface area contributed by atoms with Gasteiger partial charge in [-0.3, -0.25) is 4.79 Å². The third-order valence-corrected chi connectivity index (χ3v) is 2.96. The van der Waals surface area contributed by atoms with E-state index in [4.69, 9.17) is 0 Å². The predicted octanol–water partition coefficient (Wildman–Crippen LogP) is 0.577. The molecule has 18 heavy (non-hydrogen) atoms. The van der Waals surface area contributed by atoms with Crippen molar-refractivity contribution in [1.82, 2.24) is 14.9 Å². The first kappa shape index (κ1) is 12.6. The van der Waals surface area contributed by atoms with Crippen LogP contribution in [0.25, 0.3) is 0 Å². The molecule has 1 aliphatic rings. The van der Waals surface area contributed by atoms with E-state index in [0.717, 1.165) is 51.4 Å². The molecule has 0 aromatic carbocycles. The maximum atomic E-state index is 10.6. The van der Waals surface area contributed by atoms with Crippen LogP contribution in [-0.2, 0) is 4.79 Å². The Morgan fingerprint density at radius 2 is 2.17 bits per heavy atom. The molecule has 1 amide bonds. The van der Waals surface area contributed by atoms with E-state index < -0.39 is 0 Å². The molecule has 1 saturated heterocycles. The summed E-state index contributed by atoms with van der Waals surface area (Å²) in [7, 11) is 0. The topological polar surface area (TPSA) is 61.4 Å². The smallest absolute Gasteiger partial charge is 0.224 e. The first-order valence-corrected chi connectivity index (χ1v) is 6.34. The quantitative estimate of drug-likeness (QED) is 0.773. The molecule has 0 unspecified atom stereocenters. The Morgan fingerprint density at radius 1 is 1.39 bits per heavy atom. The van der Waals surface area contributed by atoms with E-state index in [2.05, 4.69) is 27.1 Å². The van der Waals surface area contributed by atoms with Gasteiger partial charge in [0.05, 0.1) is 0 Å². The van der Waals surface area contributed by atoms with Crippen LogP contribution < -0.4 is 10.2 Å². The summed E-state index contributed by atoms with van der Waals surface area (Å²) in [6.45, 7) is 6.14. The van der Waals surface area contributed by atoms with Gasteiger partial charge in [-0.05, 0) is 12.5 Å². The summed E-state index contributed by atoms with van der Waals surface area (Å²) < 4.78 is 0. The number of nitrogens with zero attached hydrogens (tertiary/aromatic N) is 4. The van der Waals surface area contributed by atoms with Crippen molar-refractivity contribution in [3.05, 3.63) is 12.3 Å². The highest BCUT2D eigenvalue weighted by atomic mass is 16.1. The number of hydrogen-bond acceptors (Lipinski definition) is 5. The molecular weight excluding hydrogens is 230 g/mol. The van der Waals surface area contributed by atoms with Crippen molar-refractivity contribution < 1.29 is 4.79 Å². The third kappa shape index (κ3) is 3.09. The summed E-state index contributed by atoms with van der Waals surface area (Å²) in [5, 5.41) is 3.18. The lowest BCUT2D eigenvalue weighted by Crippen LogP contribution is -2.46. The lowest BCUT2D eigenvalue weighted by Gasteiger charge is -2.33. The summed E-state index contributed by atoms with van der Waals surface area (Å²) in [6, 6.07) is 1.91. The van der Waals surface area contributed by atoms with Crippen LogP contribution in [0, 0.1) is 0 Å². The number of anilines is 2. The zero-order valence-corrected chi connectivity index (χ0v) is 10.7. The number of piperazine rings is 1. The molecule has 1 aliphatic heterocycles. The van der Waals surface area contributed by atoms with Gasteiger partial charge in [0.1, 0.15) is 5.82 Å². The minimum Gasteiger partial charge on any atom is -0.354 e. The molecule has 1 fully saturated rings. The number of rotatable bonds is 5. The molecule has 0 bridgehead atoms. The van der Waals surface area contributed by atoms with E-state index in [0.29, 0.717) is 5.95 Å². The highest BCUT2D eigenvalue weighted by Crippen LogP contribution is 2.14. The molecule has 1 N–H and O–H groups in total. The second-order valence-electron chi connectivity index (χ2n) is 4.29. The largest absolute Gasteiger partial charge is 0.354 e. The van der Waals surface area contributed by atoms with Crippen molar-refractivity contribution in [2.45, 2.75) is 13.3 Å². The Kier molecular flexibility index (Phi) is 4.33. The maximum Gasteiger partial charge on any atom is 0.224 e. The Morgan fingerprint density at radius 3 is 2.83 bits per heavy atom. The van der Waals surface area contributed by atoms with Crippen LogP contribution in [0.5, 0.6) is 0 Å². The first-order chi connectivity index (χ1) is 8.83. The molecular formula is C12H19N5O. The van der Waals surface area contributed by atoms with E-state index in [1.807, 2.05) is 6.07 Å². The summed E-state index contributed by atoms with van der Waals surface area (Å²) in [6.07, 6.45) is 3.73. The van der Waals surface area contributed by atoms with Crippen LogP contribution in [0.2, 0.25) is 0 Å². The van der Waals surface area contributed by atoms with Crippen LogP contribution in [0.1, 0.15) is 13.3 Å². The first-order valence-electron chi connectivity index (χ1n) is 6.34. The van der Waals surface area contributed by atoms with Gasteiger partial charge < -0.3 is 15.1 Å². The molecule has 0 spiro atoms. The van der Waals surface area contributed by atoms with Gasteiger partial charge in [0.15, 0.2) is 0 Å². The SMILES string of the molecule is CCCNc1nccc(N2CCN(C=O)CC2)n1. The van der Waals surface area contributed by atoms with Gasteiger partial charge >= 0.3 is 0 Å². The molecule has 2 heterocycles. The van der Waals surface area contributed by atoms with Crippen molar-refractivity contribution in [2.24, 2.45) is 0 Å². The van der Waals surface area contributed by atoms with Crippen molar-refractivity contribution >= 4 is 18.2 Å². The molecule has 98 valence electrons. The number of nitrogens with one attached hydrogen (secondary N) is 1. The molecule has 1 aromatic heterocycles. The minimum atomic E-state index is 0.673. The Balaban J connectivity index is 1.98. The fourth-order valence-corrected chi connectivity index (χ4v) is 1.90. The monoisotopic (exact) mass is 249 g/mol. The normalized spacial score (nSPS) is 15.6. The molecule has 0 aliphatic carbocycles. The van der Waals surface area contributed by atoms with Gasteiger partial charge in [-0.15, -0.1) is 0 Å². The van der Waals surface area contributed by atoms with Gasteiger partial charge in [-0.1, -0.05) is 6.92 Å². The number of aromatic nitrogens is 2. The fourth-order valence-electron chi connectivity index (χ4n) is 1.90. The number of carbonyl (C=O) groups excluding carboxylic acids is 1. The molecule has 0 atom stereocenters. The molecule has 0 saturated carbocycles. The zero-order chi connectivity index (χ0) is 12.8. The van der Waals surface area contributed by atoms with Gasteiger partial charge in [0, 0.05) is 38.9 Å². The standard InChI is InChI=1S/C12H19N5O/c1-2-4-13-12-14-5-3-11(15-12)17-8-6-16(10-18)7-9-17/h3,5,10H,2,4,6-9H2,1H3,(H,13,14,15). The number of carbonyl (C=O) groups is 1. The van der Waals surface area contributed by atoms with E-state index in [-0.39, 0.29) is 0 Å². The number of hydrogen-bond donors (Lipinski definition) is 1. The zero-order valence-electron chi connectivity index (χ0n) is 10.7. The van der Waals surface area contributed by atoms with Crippen molar-refractivity contribution in [3.8, 4) is 0 Å². The van der Waals surface area contributed by atoms with Gasteiger partial charge in [-0.25, -0.2) is 4.98 Å². The molecule has 1 aromatic rings. The Hall–Kier alpha value is -1.85. The van der Waals surface area contributed by atoms with Crippen LogP contribution in [0.4, 0.5) is 11.8 Å². The van der Waals surface area contributed by atoms with Crippen molar-refractivity contribution in [1.29, 1.82) is 0 Å². The maximum absolute atomic E-state index is 10.6. The minimum absolute atomic E-state index is 0.673. The summed E-state index contributed by atoms with van der Waals surface area (Å²) >= 11 is 0. The lowest BCUT2D eigenvalue weighted by molar-refractivity contribution is -0.118. The average Bonchev–Trinajstić information content (AvgIpc) is 2.45. The van der Waals surface area contributed by atoms with E-state index in [9.17, 15) is 4.79 Å². The second kappa shape index (κ2) is 6.18.